The first-order chi connectivity index (χ1) is 11.7. The first-order valence-corrected chi connectivity index (χ1v) is 8.73. The maximum atomic E-state index is 11.5. The number of H-pyrrole nitrogens is 1. The zero-order valence-electron chi connectivity index (χ0n) is 14.2. The van der Waals surface area contributed by atoms with Gasteiger partial charge >= 0.3 is 0 Å². The number of nitrogens with one attached hydrogen (secondary N) is 1. The number of benzene rings is 1. The highest BCUT2D eigenvalue weighted by Gasteiger charge is 2.22. The van der Waals surface area contributed by atoms with E-state index in [4.69, 9.17) is 4.74 Å². The standard InChI is InChI=1S/C19H25N3O2/c1-2-9-24-17-7-3-5-15(10-17)12-22-8-4-6-16(13-22)18-11-19(23)21-14-20-18/h3,5,7,10-11,14,16H,2,4,6,8-9,12-13H2,1H3,(H,20,21,23). The van der Waals surface area contributed by atoms with Crippen LogP contribution in [-0.2, 0) is 6.54 Å². The molecule has 128 valence electrons. The molecule has 1 unspecified atom stereocenters. The highest BCUT2D eigenvalue weighted by atomic mass is 16.5. The molecule has 24 heavy (non-hydrogen) atoms. The summed E-state index contributed by atoms with van der Waals surface area (Å²) in [5.74, 6) is 1.28. The van der Waals surface area contributed by atoms with E-state index in [1.807, 2.05) is 6.07 Å². The number of nitrogens with zero attached hydrogens (tertiary/aromatic N) is 2. The molecule has 3 rings (SSSR count). The van der Waals surface area contributed by atoms with Gasteiger partial charge in [0, 0.05) is 25.1 Å². The zero-order chi connectivity index (χ0) is 16.8. The molecule has 5 heteroatoms. The van der Waals surface area contributed by atoms with E-state index in [-0.39, 0.29) is 5.56 Å². The van der Waals surface area contributed by atoms with E-state index in [0.717, 1.165) is 56.9 Å². The molecule has 0 saturated carbocycles. The zero-order valence-corrected chi connectivity index (χ0v) is 14.2. The molecule has 2 heterocycles. The van der Waals surface area contributed by atoms with E-state index in [9.17, 15) is 4.79 Å². The van der Waals surface area contributed by atoms with E-state index < -0.39 is 0 Å². The second-order valence-electron chi connectivity index (χ2n) is 6.41. The molecule has 1 atom stereocenters. The summed E-state index contributed by atoms with van der Waals surface area (Å²) in [4.78, 5) is 20.9. The Morgan fingerprint density at radius 3 is 3.12 bits per heavy atom. The molecule has 1 saturated heterocycles. The van der Waals surface area contributed by atoms with Gasteiger partial charge in [-0.25, -0.2) is 4.98 Å². The Kier molecular flexibility index (Phi) is 5.64. The third kappa shape index (κ3) is 4.45. The summed E-state index contributed by atoms with van der Waals surface area (Å²) in [6.45, 7) is 5.79. The van der Waals surface area contributed by atoms with Gasteiger partial charge in [0.25, 0.3) is 5.56 Å². The molecule has 1 aromatic heterocycles. The van der Waals surface area contributed by atoms with Crippen LogP contribution in [0.2, 0.25) is 0 Å². The highest BCUT2D eigenvalue weighted by Crippen LogP contribution is 2.26. The molecule has 0 radical (unpaired) electrons. The third-order valence-electron chi connectivity index (χ3n) is 4.40. The molecule has 2 aromatic rings. The number of hydrogen-bond acceptors (Lipinski definition) is 4. The Balaban J connectivity index is 1.64. The lowest BCUT2D eigenvalue weighted by molar-refractivity contribution is 0.198. The van der Waals surface area contributed by atoms with Gasteiger partial charge in [-0.1, -0.05) is 19.1 Å². The molecular weight excluding hydrogens is 302 g/mol. The average molecular weight is 327 g/mol. The van der Waals surface area contributed by atoms with Crippen molar-refractivity contribution < 1.29 is 4.74 Å². The lowest BCUT2D eigenvalue weighted by atomic mass is 9.94. The van der Waals surface area contributed by atoms with E-state index in [0.29, 0.717) is 5.92 Å². The SMILES string of the molecule is CCCOc1cccc(CN2CCCC(c3cc(=O)[nH]cn3)C2)c1. The minimum atomic E-state index is -0.0714. The van der Waals surface area contributed by atoms with Gasteiger partial charge in [0.1, 0.15) is 5.75 Å². The molecule has 1 N–H and O–H groups in total. The maximum absolute atomic E-state index is 11.5. The largest absolute Gasteiger partial charge is 0.494 e. The van der Waals surface area contributed by atoms with Gasteiger partial charge < -0.3 is 9.72 Å². The van der Waals surface area contributed by atoms with Crippen molar-refractivity contribution in [1.82, 2.24) is 14.9 Å². The fourth-order valence-corrected chi connectivity index (χ4v) is 3.26. The van der Waals surface area contributed by atoms with E-state index >= 15 is 0 Å². The Morgan fingerprint density at radius 1 is 1.38 bits per heavy atom. The van der Waals surface area contributed by atoms with Crippen molar-refractivity contribution in [3.8, 4) is 5.75 Å². The number of ether oxygens (including phenoxy) is 1. The Bertz CT molecular complexity index is 714. The second-order valence-corrected chi connectivity index (χ2v) is 6.41. The fourth-order valence-electron chi connectivity index (χ4n) is 3.26. The van der Waals surface area contributed by atoms with Gasteiger partial charge in [0.2, 0.25) is 0 Å². The summed E-state index contributed by atoms with van der Waals surface area (Å²) in [6.07, 6.45) is 4.74. The molecule has 0 bridgehead atoms. The van der Waals surface area contributed by atoms with Crippen molar-refractivity contribution in [2.24, 2.45) is 0 Å². The quantitative estimate of drug-likeness (QED) is 0.886. The number of likely N-dealkylation sites (tertiary alicyclic amines) is 1. The van der Waals surface area contributed by atoms with Crippen LogP contribution in [0.5, 0.6) is 5.75 Å². The molecular formula is C19H25N3O2. The van der Waals surface area contributed by atoms with Crippen molar-refractivity contribution in [2.75, 3.05) is 19.7 Å². The van der Waals surface area contributed by atoms with Gasteiger partial charge in [-0.3, -0.25) is 9.69 Å². The number of rotatable bonds is 6. The highest BCUT2D eigenvalue weighted by molar-refractivity contribution is 5.28. The summed E-state index contributed by atoms with van der Waals surface area (Å²) < 4.78 is 5.72. The van der Waals surface area contributed by atoms with Crippen molar-refractivity contribution in [3.05, 3.63) is 58.3 Å². The maximum Gasteiger partial charge on any atom is 0.250 e. The normalized spacial score (nSPS) is 18.5. The molecule has 0 aliphatic carbocycles. The number of aromatic nitrogens is 2. The van der Waals surface area contributed by atoms with Crippen LogP contribution in [0, 0.1) is 0 Å². The Morgan fingerprint density at radius 2 is 2.29 bits per heavy atom. The van der Waals surface area contributed by atoms with Gasteiger partial charge in [0.05, 0.1) is 18.6 Å². The summed E-state index contributed by atoms with van der Waals surface area (Å²) in [7, 11) is 0. The minimum absolute atomic E-state index is 0.0714. The molecule has 0 amide bonds. The van der Waals surface area contributed by atoms with E-state index in [1.54, 1.807) is 6.07 Å². The van der Waals surface area contributed by atoms with Crippen LogP contribution < -0.4 is 10.3 Å². The van der Waals surface area contributed by atoms with Gasteiger partial charge in [-0.05, 0) is 43.5 Å². The average Bonchev–Trinajstić information content (AvgIpc) is 2.60. The molecule has 1 aliphatic rings. The van der Waals surface area contributed by atoms with Crippen LogP contribution in [-0.4, -0.2) is 34.6 Å². The van der Waals surface area contributed by atoms with E-state index in [2.05, 4.69) is 40.0 Å². The van der Waals surface area contributed by atoms with Crippen molar-refractivity contribution in [1.29, 1.82) is 0 Å². The van der Waals surface area contributed by atoms with Crippen LogP contribution in [0.3, 0.4) is 0 Å². The summed E-state index contributed by atoms with van der Waals surface area (Å²) in [5, 5.41) is 0. The lowest BCUT2D eigenvalue weighted by Gasteiger charge is -2.32. The van der Waals surface area contributed by atoms with Crippen molar-refractivity contribution in [3.63, 3.8) is 0 Å². The number of aromatic amines is 1. The van der Waals surface area contributed by atoms with Crippen molar-refractivity contribution in [2.45, 2.75) is 38.6 Å². The van der Waals surface area contributed by atoms with Crippen LogP contribution in [0.1, 0.15) is 43.4 Å². The predicted molar refractivity (Wildman–Crippen MR) is 94.3 cm³/mol. The minimum Gasteiger partial charge on any atom is -0.494 e. The smallest absolute Gasteiger partial charge is 0.250 e. The predicted octanol–water partition coefficient (Wildman–Crippen LogP) is 2.94. The monoisotopic (exact) mass is 327 g/mol. The van der Waals surface area contributed by atoms with Crippen LogP contribution in [0.4, 0.5) is 0 Å². The first kappa shape index (κ1) is 16.7. The molecule has 5 nitrogen and oxygen atoms in total. The van der Waals surface area contributed by atoms with Crippen LogP contribution in [0.15, 0.2) is 41.5 Å². The van der Waals surface area contributed by atoms with E-state index in [1.165, 1.54) is 11.9 Å². The van der Waals surface area contributed by atoms with Gasteiger partial charge in [-0.15, -0.1) is 0 Å². The Hall–Kier alpha value is -2.14. The number of hydrogen-bond donors (Lipinski definition) is 1. The van der Waals surface area contributed by atoms with Gasteiger partial charge in [0.15, 0.2) is 0 Å². The Labute approximate surface area is 142 Å². The second kappa shape index (κ2) is 8.11. The number of piperidine rings is 1. The lowest BCUT2D eigenvalue weighted by Crippen LogP contribution is -2.34. The first-order valence-electron chi connectivity index (χ1n) is 8.73. The molecule has 1 aliphatic heterocycles. The molecule has 1 fully saturated rings. The summed E-state index contributed by atoms with van der Waals surface area (Å²) in [5.41, 5.74) is 2.10. The third-order valence-corrected chi connectivity index (χ3v) is 4.40. The molecule has 0 spiro atoms. The summed E-state index contributed by atoms with van der Waals surface area (Å²) in [6, 6.07) is 9.98. The summed E-state index contributed by atoms with van der Waals surface area (Å²) >= 11 is 0. The fraction of sp³-hybridized carbons (Fsp3) is 0.474. The van der Waals surface area contributed by atoms with Gasteiger partial charge in [-0.2, -0.15) is 0 Å². The van der Waals surface area contributed by atoms with Crippen LogP contribution >= 0.6 is 0 Å². The van der Waals surface area contributed by atoms with Crippen molar-refractivity contribution >= 4 is 0 Å². The van der Waals surface area contributed by atoms with Crippen LogP contribution in [0.25, 0.3) is 0 Å². The topological polar surface area (TPSA) is 58.2 Å². The molecule has 1 aromatic carbocycles.